The molecule has 1 aliphatic heterocycles. The van der Waals surface area contributed by atoms with Gasteiger partial charge in [-0.3, -0.25) is 4.98 Å². The lowest BCUT2D eigenvalue weighted by Crippen LogP contribution is -2.54. The number of nitrogens with zero attached hydrogens (tertiary/aromatic N) is 6. The standard InChI is InChI=1S/C27H26F2N6O4/c1-4-19-23(14(2)8-9-30-19)35-25-16(12-18(29)22(31-25)21-17(28)6-5-7-20(21)36)24(32-26(35)37)34-11-10-33(27(38)39)13-15(34)3/h5-9,12,15,36H,4,10-11,13H2,1-3H3,(H,38,39). The Balaban J connectivity index is 1.84. The van der Waals surface area contributed by atoms with Crippen LogP contribution >= 0.6 is 0 Å². The van der Waals surface area contributed by atoms with E-state index in [1.54, 1.807) is 31.0 Å². The van der Waals surface area contributed by atoms with Crippen LogP contribution in [0.5, 0.6) is 5.75 Å². The number of halogens is 2. The van der Waals surface area contributed by atoms with E-state index in [-0.39, 0.29) is 42.5 Å². The molecule has 1 aliphatic rings. The number of phenolic OH excluding ortho intramolecular Hbond substituents is 1. The lowest BCUT2D eigenvalue weighted by molar-refractivity contribution is 0.136. The summed E-state index contributed by atoms with van der Waals surface area (Å²) in [4.78, 5) is 41.4. The van der Waals surface area contributed by atoms with E-state index in [0.717, 1.165) is 12.1 Å². The highest BCUT2D eigenvalue weighted by molar-refractivity contribution is 5.91. The molecule has 0 aliphatic carbocycles. The molecule has 39 heavy (non-hydrogen) atoms. The van der Waals surface area contributed by atoms with Crippen molar-refractivity contribution in [3.8, 4) is 22.7 Å². The maximum Gasteiger partial charge on any atom is 0.407 e. The molecule has 4 aromatic rings. The van der Waals surface area contributed by atoms with E-state index in [4.69, 9.17) is 0 Å². The van der Waals surface area contributed by atoms with E-state index in [1.807, 2.05) is 6.92 Å². The second-order valence-electron chi connectivity index (χ2n) is 9.43. The van der Waals surface area contributed by atoms with Crippen LogP contribution in [-0.2, 0) is 6.42 Å². The number of aromatic hydroxyl groups is 1. The molecule has 5 rings (SSSR count). The molecule has 3 aromatic heterocycles. The normalized spacial score (nSPS) is 15.7. The summed E-state index contributed by atoms with van der Waals surface area (Å²) in [6.45, 7) is 5.97. The van der Waals surface area contributed by atoms with Gasteiger partial charge in [0.15, 0.2) is 11.5 Å². The van der Waals surface area contributed by atoms with Gasteiger partial charge in [-0.05, 0) is 50.1 Å². The summed E-state index contributed by atoms with van der Waals surface area (Å²) >= 11 is 0. The van der Waals surface area contributed by atoms with Gasteiger partial charge >= 0.3 is 11.8 Å². The van der Waals surface area contributed by atoms with Crippen molar-refractivity contribution in [3.63, 3.8) is 0 Å². The van der Waals surface area contributed by atoms with Crippen molar-refractivity contribution < 1.29 is 23.8 Å². The van der Waals surface area contributed by atoms with Gasteiger partial charge in [0.25, 0.3) is 0 Å². The SMILES string of the molecule is CCc1nccc(C)c1-n1c(=O)nc(N2CCN(C(=O)O)CC2C)c2cc(F)c(-c3c(O)cccc3F)nc21. The van der Waals surface area contributed by atoms with Gasteiger partial charge in [0.1, 0.15) is 23.1 Å². The predicted molar refractivity (Wildman–Crippen MR) is 140 cm³/mol. The Hall–Kier alpha value is -4.61. The number of aryl methyl sites for hydroxylation is 2. The fraction of sp³-hybridized carbons (Fsp3) is 0.296. The minimum Gasteiger partial charge on any atom is -0.507 e. The second kappa shape index (κ2) is 9.93. The molecule has 202 valence electrons. The van der Waals surface area contributed by atoms with E-state index >= 15 is 4.39 Å². The lowest BCUT2D eigenvalue weighted by atomic mass is 10.1. The smallest absolute Gasteiger partial charge is 0.407 e. The molecule has 0 saturated carbocycles. The minimum atomic E-state index is -1.06. The zero-order chi connectivity index (χ0) is 28.0. The first-order chi connectivity index (χ1) is 18.6. The van der Waals surface area contributed by atoms with Crippen LogP contribution in [0.15, 0.2) is 41.3 Å². The van der Waals surface area contributed by atoms with Crippen LogP contribution in [0, 0.1) is 18.6 Å². The predicted octanol–water partition coefficient (Wildman–Crippen LogP) is 3.89. The molecular formula is C27H26F2N6O4. The van der Waals surface area contributed by atoms with Gasteiger partial charge in [-0.1, -0.05) is 13.0 Å². The van der Waals surface area contributed by atoms with E-state index in [1.165, 1.54) is 21.6 Å². The number of benzene rings is 1. The molecule has 1 atom stereocenters. The molecule has 0 spiro atoms. The first-order valence-electron chi connectivity index (χ1n) is 12.4. The van der Waals surface area contributed by atoms with Crippen LogP contribution < -0.4 is 10.6 Å². The average molecular weight is 537 g/mol. The summed E-state index contributed by atoms with van der Waals surface area (Å²) in [5.74, 6) is -2.17. The van der Waals surface area contributed by atoms with Crippen molar-refractivity contribution in [3.05, 3.63) is 69.9 Å². The van der Waals surface area contributed by atoms with E-state index in [0.29, 0.717) is 23.4 Å². The third-order valence-electron chi connectivity index (χ3n) is 6.96. The first-order valence-corrected chi connectivity index (χ1v) is 12.4. The quantitative estimate of drug-likeness (QED) is 0.403. The number of rotatable bonds is 4. The zero-order valence-electron chi connectivity index (χ0n) is 21.5. The number of amides is 1. The van der Waals surface area contributed by atoms with Crippen LogP contribution in [-0.4, -0.2) is 66.4 Å². The Morgan fingerprint density at radius 3 is 2.59 bits per heavy atom. The number of piperazine rings is 1. The fourth-order valence-electron chi connectivity index (χ4n) is 5.07. The van der Waals surface area contributed by atoms with Crippen LogP contribution in [0.1, 0.15) is 25.1 Å². The Morgan fingerprint density at radius 2 is 1.92 bits per heavy atom. The summed E-state index contributed by atoms with van der Waals surface area (Å²) in [7, 11) is 0. The second-order valence-corrected chi connectivity index (χ2v) is 9.43. The van der Waals surface area contributed by atoms with Gasteiger partial charge in [0.2, 0.25) is 0 Å². The number of anilines is 1. The Morgan fingerprint density at radius 1 is 1.15 bits per heavy atom. The number of hydrogen-bond donors (Lipinski definition) is 2. The number of pyridine rings is 2. The van der Waals surface area contributed by atoms with Gasteiger partial charge in [-0.15, -0.1) is 0 Å². The number of fused-ring (bicyclic) bond motifs is 1. The van der Waals surface area contributed by atoms with E-state index in [9.17, 15) is 24.2 Å². The molecule has 4 heterocycles. The molecule has 1 aromatic carbocycles. The molecule has 2 N–H and O–H groups in total. The average Bonchev–Trinajstić information content (AvgIpc) is 2.89. The molecule has 1 fully saturated rings. The van der Waals surface area contributed by atoms with Crippen molar-refractivity contribution >= 4 is 22.9 Å². The highest BCUT2D eigenvalue weighted by Gasteiger charge is 2.31. The lowest BCUT2D eigenvalue weighted by Gasteiger charge is -2.39. The van der Waals surface area contributed by atoms with E-state index in [2.05, 4.69) is 15.0 Å². The van der Waals surface area contributed by atoms with Gasteiger partial charge in [-0.2, -0.15) is 4.98 Å². The summed E-state index contributed by atoms with van der Waals surface area (Å²) in [5.41, 5.74) is 0.104. The van der Waals surface area contributed by atoms with Crippen LogP contribution in [0.25, 0.3) is 28.0 Å². The number of phenols is 1. The highest BCUT2D eigenvalue weighted by Crippen LogP contribution is 2.36. The van der Waals surface area contributed by atoms with Crippen LogP contribution in [0.3, 0.4) is 0 Å². The molecule has 1 amide bonds. The van der Waals surface area contributed by atoms with Crippen molar-refractivity contribution in [1.82, 2.24) is 24.4 Å². The van der Waals surface area contributed by atoms with Crippen molar-refractivity contribution in [2.45, 2.75) is 33.2 Å². The molecular weight excluding hydrogens is 510 g/mol. The molecule has 0 bridgehead atoms. The van der Waals surface area contributed by atoms with Gasteiger partial charge in [-0.25, -0.2) is 27.9 Å². The maximum absolute atomic E-state index is 15.7. The van der Waals surface area contributed by atoms with E-state index < -0.39 is 40.4 Å². The third kappa shape index (κ3) is 4.41. The Kier molecular flexibility index (Phi) is 6.62. The monoisotopic (exact) mass is 536 g/mol. The molecule has 1 unspecified atom stereocenters. The first kappa shape index (κ1) is 26.0. The molecule has 10 nitrogen and oxygen atoms in total. The summed E-state index contributed by atoms with van der Waals surface area (Å²) < 4.78 is 31.7. The van der Waals surface area contributed by atoms with Crippen molar-refractivity contribution in [2.24, 2.45) is 0 Å². The van der Waals surface area contributed by atoms with Gasteiger partial charge in [0, 0.05) is 31.9 Å². The van der Waals surface area contributed by atoms with Gasteiger partial charge in [0.05, 0.1) is 22.3 Å². The van der Waals surface area contributed by atoms with Crippen LogP contribution in [0.4, 0.5) is 19.4 Å². The van der Waals surface area contributed by atoms with Crippen molar-refractivity contribution in [1.29, 1.82) is 0 Å². The number of carbonyl (C=O) groups is 1. The molecule has 0 radical (unpaired) electrons. The highest BCUT2D eigenvalue weighted by atomic mass is 19.1. The molecule has 12 heteroatoms. The van der Waals surface area contributed by atoms with Crippen molar-refractivity contribution in [2.75, 3.05) is 24.5 Å². The fourth-order valence-corrected chi connectivity index (χ4v) is 5.07. The Bertz CT molecular complexity index is 1650. The number of aromatic nitrogens is 4. The van der Waals surface area contributed by atoms with Gasteiger partial charge < -0.3 is 20.0 Å². The summed E-state index contributed by atoms with van der Waals surface area (Å²) in [5, 5.41) is 20.0. The minimum absolute atomic E-state index is 0.00252. The number of carboxylic acid groups (broad SMARTS) is 1. The topological polar surface area (TPSA) is 125 Å². The Labute approximate surface area is 221 Å². The number of hydrogen-bond acceptors (Lipinski definition) is 7. The maximum atomic E-state index is 15.7. The third-order valence-corrected chi connectivity index (χ3v) is 6.96. The largest absolute Gasteiger partial charge is 0.507 e. The van der Waals surface area contributed by atoms with Crippen LogP contribution in [0.2, 0.25) is 0 Å². The molecule has 1 saturated heterocycles. The summed E-state index contributed by atoms with van der Waals surface area (Å²) in [6, 6.07) is 6.05. The zero-order valence-corrected chi connectivity index (χ0v) is 21.5. The summed E-state index contributed by atoms with van der Waals surface area (Å²) in [6.07, 6.45) is 1.03.